The van der Waals surface area contributed by atoms with Crippen LogP contribution in [0.2, 0.25) is 0 Å². The number of hydrogen-bond donors (Lipinski definition) is 0. The Bertz CT molecular complexity index is 3340. The van der Waals surface area contributed by atoms with Crippen molar-refractivity contribution in [3.05, 3.63) is 186 Å². The van der Waals surface area contributed by atoms with E-state index in [4.69, 9.17) is 0 Å². The summed E-state index contributed by atoms with van der Waals surface area (Å²) >= 11 is 0. The molecule has 0 fully saturated rings. The lowest BCUT2D eigenvalue weighted by Crippen LogP contribution is -2.14. The van der Waals surface area contributed by atoms with Crippen LogP contribution in [0.5, 0.6) is 0 Å². The zero-order valence-corrected chi connectivity index (χ0v) is 32.5. The van der Waals surface area contributed by atoms with Gasteiger partial charge in [0.15, 0.2) is 0 Å². The van der Waals surface area contributed by atoms with Crippen LogP contribution in [-0.2, 0) is 10.8 Å². The molecule has 0 saturated carbocycles. The van der Waals surface area contributed by atoms with Gasteiger partial charge in [-0.25, -0.2) is 0 Å². The van der Waals surface area contributed by atoms with Crippen LogP contribution in [0.4, 0.5) is 0 Å². The Labute approximate surface area is 331 Å². The molecule has 0 atom stereocenters. The van der Waals surface area contributed by atoms with Crippen molar-refractivity contribution in [1.29, 1.82) is 0 Å². The van der Waals surface area contributed by atoms with E-state index in [2.05, 4.69) is 196 Å². The molecular weight excluding hydrogens is 687 g/mol. The lowest BCUT2D eigenvalue weighted by Gasteiger charge is -2.21. The molecule has 2 aliphatic carbocycles. The maximum atomic E-state index is 2.60. The zero-order chi connectivity index (χ0) is 37.9. The molecule has 1 nitrogen and oxygen atoms in total. The third-order valence-corrected chi connectivity index (χ3v) is 14.1. The van der Waals surface area contributed by atoms with E-state index in [9.17, 15) is 0 Å². The highest BCUT2D eigenvalue weighted by atomic mass is 14.9. The summed E-state index contributed by atoms with van der Waals surface area (Å²) in [5.74, 6) is 0. The van der Waals surface area contributed by atoms with Gasteiger partial charge in [0.2, 0.25) is 0 Å². The van der Waals surface area contributed by atoms with Crippen molar-refractivity contribution in [3.63, 3.8) is 0 Å². The first-order chi connectivity index (χ1) is 27.8. The van der Waals surface area contributed by atoms with Crippen molar-refractivity contribution < 1.29 is 0 Å². The highest BCUT2D eigenvalue weighted by molar-refractivity contribution is 6.32. The predicted octanol–water partition coefficient (Wildman–Crippen LogP) is 15.1. The second kappa shape index (κ2) is 10.6. The molecule has 13 rings (SSSR count). The highest BCUT2D eigenvalue weighted by Crippen LogP contribution is 2.54. The summed E-state index contributed by atoms with van der Waals surface area (Å²) in [6.07, 6.45) is 0. The van der Waals surface area contributed by atoms with Gasteiger partial charge in [0, 0.05) is 32.4 Å². The van der Waals surface area contributed by atoms with Crippen LogP contribution in [0.1, 0.15) is 49.9 Å². The molecule has 0 bridgehead atoms. The van der Waals surface area contributed by atoms with Crippen LogP contribution in [-0.4, -0.2) is 4.40 Å². The number of para-hydroxylation sites is 1. The van der Waals surface area contributed by atoms with Crippen molar-refractivity contribution in [1.82, 2.24) is 4.40 Å². The molecule has 2 aliphatic rings. The number of benzene rings is 9. The molecular formula is C56H39N. The Morgan fingerprint density at radius 1 is 0.351 bits per heavy atom. The number of hydrogen-bond acceptors (Lipinski definition) is 0. The van der Waals surface area contributed by atoms with E-state index >= 15 is 0 Å². The molecule has 2 heterocycles. The summed E-state index contributed by atoms with van der Waals surface area (Å²) in [7, 11) is 0. The quantitative estimate of drug-likeness (QED) is 0.167. The fourth-order valence-corrected chi connectivity index (χ4v) is 11.5. The van der Waals surface area contributed by atoms with Gasteiger partial charge in [-0.3, -0.25) is 0 Å². The Balaban J connectivity index is 1.15. The van der Waals surface area contributed by atoms with Gasteiger partial charge in [-0.05, 0) is 113 Å². The van der Waals surface area contributed by atoms with Crippen LogP contribution >= 0.6 is 0 Å². The number of rotatable bonds is 2. The molecule has 0 radical (unpaired) electrons. The molecule has 0 amide bonds. The second-order valence-electron chi connectivity index (χ2n) is 17.6. The smallest absolute Gasteiger partial charge is 0.0620 e. The minimum absolute atomic E-state index is 0.0348. The largest absolute Gasteiger partial charge is 0.308 e. The lowest BCUT2D eigenvalue weighted by molar-refractivity contribution is 0.660. The van der Waals surface area contributed by atoms with Crippen LogP contribution in [0.3, 0.4) is 0 Å². The number of aromatic nitrogens is 1. The van der Waals surface area contributed by atoms with Gasteiger partial charge in [0.05, 0.1) is 16.6 Å². The van der Waals surface area contributed by atoms with Crippen molar-refractivity contribution in [2.24, 2.45) is 0 Å². The summed E-state index contributed by atoms with van der Waals surface area (Å²) in [6, 6.07) is 62.4. The van der Waals surface area contributed by atoms with E-state index in [-0.39, 0.29) is 10.8 Å². The first kappa shape index (κ1) is 31.5. The van der Waals surface area contributed by atoms with E-state index < -0.39 is 0 Å². The van der Waals surface area contributed by atoms with Gasteiger partial charge in [0.25, 0.3) is 0 Å². The molecule has 0 saturated heterocycles. The topological polar surface area (TPSA) is 4.41 Å². The number of fused-ring (bicyclic) bond motifs is 14. The van der Waals surface area contributed by atoms with Crippen molar-refractivity contribution in [2.75, 3.05) is 0 Å². The van der Waals surface area contributed by atoms with Gasteiger partial charge in [-0.1, -0.05) is 167 Å². The Kier molecular flexibility index (Phi) is 5.84. The maximum Gasteiger partial charge on any atom is 0.0620 e. The Hall–Kier alpha value is -6.70. The fraction of sp³-hybridized carbons (Fsp3) is 0.107. The highest BCUT2D eigenvalue weighted by Gasteiger charge is 2.37. The van der Waals surface area contributed by atoms with Crippen LogP contribution < -0.4 is 0 Å². The fourth-order valence-electron chi connectivity index (χ4n) is 11.5. The molecule has 268 valence electrons. The standard InChI is InChI=1S/C56H39N/c1-55(2)44-22-11-9-18-38(44)42-28-34(24-26-46(42)55)50-36-16-7-5-14-32(36)30-48-52(50)40-20-13-21-41-53-49(57(48)54(40)41)31-33-15-6-8-17-37(33)51(53)35-25-27-47-43(29-35)39-19-10-12-23-45(39)56(47,3)4/h5-31H,1-4H3. The molecule has 0 spiro atoms. The monoisotopic (exact) mass is 725 g/mol. The average molecular weight is 726 g/mol. The number of nitrogens with zero attached hydrogens (tertiary/aromatic N) is 1. The van der Waals surface area contributed by atoms with Crippen molar-refractivity contribution in [2.45, 2.75) is 38.5 Å². The molecule has 2 aromatic heterocycles. The summed E-state index contributed by atoms with van der Waals surface area (Å²) in [5, 5.41) is 10.4. The van der Waals surface area contributed by atoms with E-state index in [1.807, 2.05) is 0 Å². The average Bonchev–Trinajstić information content (AvgIpc) is 3.90. The molecule has 1 heteroatoms. The second-order valence-corrected chi connectivity index (χ2v) is 17.6. The minimum atomic E-state index is -0.0348. The van der Waals surface area contributed by atoms with Gasteiger partial charge < -0.3 is 4.40 Å². The zero-order valence-electron chi connectivity index (χ0n) is 32.5. The predicted molar refractivity (Wildman–Crippen MR) is 242 cm³/mol. The van der Waals surface area contributed by atoms with E-state index in [0.29, 0.717) is 0 Å². The summed E-state index contributed by atoms with van der Waals surface area (Å²) in [6.45, 7) is 9.47. The van der Waals surface area contributed by atoms with Crippen molar-refractivity contribution >= 4 is 59.6 Å². The third-order valence-electron chi connectivity index (χ3n) is 14.1. The van der Waals surface area contributed by atoms with Gasteiger partial charge >= 0.3 is 0 Å². The first-order valence-electron chi connectivity index (χ1n) is 20.4. The molecule has 0 aliphatic heterocycles. The molecule has 9 aromatic carbocycles. The maximum absolute atomic E-state index is 2.60. The molecule has 0 N–H and O–H groups in total. The van der Waals surface area contributed by atoms with E-state index in [0.717, 1.165) is 0 Å². The molecule has 0 unspecified atom stereocenters. The van der Waals surface area contributed by atoms with Crippen LogP contribution in [0.15, 0.2) is 164 Å². The Morgan fingerprint density at radius 2 is 0.754 bits per heavy atom. The van der Waals surface area contributed by atoms with Crippen LogP contribution in [0.25, 0.3) is 104 Å². The minimum Gasteiger partial charge on any atom is -0.308 e. The summed E-state index contributed by atoms with van der Waals surface area (Å²) in [4.78, 5) is 0. The van der Waals surface area contributed by atoms with Crippen LogP contribution in [0, 0.1) is 0 Å². The van der Waals surface area contributed by atoms with Gasteiger partial charge in [0.1, 0.15) is 0 Å². The molecule has 11 aromatic rings. The normalized spacial score (nSPS) is 14.9. The summed E-state index contributed by atoms with van der Waals surface area (Å²) in [5.41, 5.74) is 20.0. The van der Waals surface area contributed by atoms with Crippen molar-refractivity contribution in [3.8, 4) is 44.5 Å². The lowest BCUT2D eigenvalue weighted by atomic mass is 9.82. The van der Waals surface area contributed by atoms with E-state index in [1.165, 1.54) is 126 Å². The first-order valence-corrected chi connectivity index (χ1v) is 20.4. The summed E-state index contributed by atoms with van der Waals surface area (Å²) < 4.78 is 2.60. The molecule has 57 heavy (non-hydrogen) atoms. The third kappa shape index (κ3) is 3.85. The Morgan fingerprint density at radius 3 is 1.25 bits per heavy atom. The van der Waals surface area contributed by atoms with E-state index in [1.54, 1.807) is 0 Å². The van der Waals surface area contributed by atoms with Gasteiger partial charge in [-0.2, -0.15) is 0 Å². The van der Waals surface area contributed by atoms with Gasteiger partial charge in [-0.15, -0.1) is 0 Å². The SMILES string of the molecule is CC1(C)c2ccccc2-c2cc(-c3c4ccccc4cc4c3c3cccc5c6c(-c7ccc8c(c7)-c7ccccc7C8(C)C)c7ccccc7cc6n4c35)ccc21.